The summed E-state index contributed by atoms with van der Waals surface area (Å²) in [6.07, 6.45) is 5.06. The second-order valence-electron chi connectivity index (χ2n) is 5.71. The second kappa shape index (κ2) is 4.86. The zero-order valence-electron chi connectivity index (χ0n) is 10.8. The van der Waals surface area contributed by atoms with E-state index in [1.54, 1.807) is 0 Å². The van der Waals surface area contributed by atoms with Gasteiger partial charge in [0.1, 0.15) is 0 Å². The van der Waals surface area contributed by atoms with E-state index >= 15 is 0 Å². The summed E-state index contributed by atoms with van der Waals surface area (Å²) >= 11 is 3.67. The first-order chi connectivity index (χ1) is 8.65. The average molecular weight is 310 g/mol. The van der Waals surface area contributed by atoms with Crippen molar-refractivity contribution in [3.05, 3.63) is 28.2 Å². The molecule has 2 aliphatic rings. The molecule has 3 heteroatoms. The maximum absolute atomic E-state index is 9.62. The van der Waals surface area contributed by atoms with E-state index in [9.17, 15) is 5.11 Å². The predicted molar refractivity (Wildman–Crippen MR) is 77.9 cm³/mol. The van der Waals surface area contributed by atoms with Crippen LogP contribution in [0, 0.1) is 5.92 Å². The van der Waals surface area contributed by atoms with Crippen molar-refractivity contribution >= 4 is 21.6 Å². The number of aliphatic hydroxyl groups excluding tert-OH is 1. The summed E-state index contributed by atoms with van der Waals surface area (Å²) in [6.45, 7) is 3.02. The van der Waals surface area contributed by atoms with Gasteiger partial charge in [-0.1, -0.05) is 6.07 Å². The van der Waals surface area contributed by atoms with Crippen molar-refractivity contribution in [1.82, 2.24) is 0 Å². The van der Waals surface area contributed by atoms with Crippen molar-refractivity contribution in [3.8, 4) is 0 Å². The molecule has 98 valence electrons. The largest absolute Gasteiger partial charge is 0.389 e. The van der Waals surface area contributed by atoms with Crippen LogP contribution in [0.5, 0.6) is 0 Å². The third-order valence-electron chi connectivity index (χ3n) is 3.90. The molecule has 18 heavy (non-hydrogen) atoms. The van der Waals surface area contributed by atoms with Gasteiger partial charge in [-0.2, -0.15) is 0 Å². The van der Waals surface area contributed by atoms with Crippen molar-refractivity contribution in [1.29, 1.82) is 0 Å². The third-order valence-corrected chi connectivity index (χ3v) is 4.54. The molecule has 1 N–H and O–H groups in total. The molecule has 1 aromatic rings. The van der Waals surface area contributed by atoms with Crippen LogP contribution in [-0.4, -0.2) is 17.7 Å². The lowest BCUT2D eigenvalue weighted by Gasteiger charge is -2.26. The number of halogens is 1. The van der Waals surface area contributed by atoms with Gasteiger partial charge in [-0.25, -0.2) is 0 Å². The van der Waals surface area contributed by atoms with Gasteiger partial charge >= 0.3 is 0 Å². The van der Waals surface area contributed by atoms with Crippen LogP contribution in [0.4, 0.5) is 5.69 Å². The molecule has 0 aliphatic heterocycles. The molecule has 1 aromatic carbocycles. The second-order valence-corrected chi connectivity index (χ2v) is 6.57. The summed E-state index contributed by atoms with van der Waals surface area (Å²) < 4.78 is 1.12. The molecule has 2 aliphatic carbocycles. The topological polar surface area (TPSA) is 23.5 Å². The maximum atomic E-state index is 9.62. The molecule has 0 radical (unpaired) electrons. The van der Waals surface area contributed by atoms with Gasteiger partial charge in [0.05, 0.1) is 11.8 Å². The summed E-state index contributed by atoms with van der Waals surface area (Å²) in [5.74, 6) is 0.911. The number of benzene rings is 1. The van der Waals surface area contributed by atoms with Gasteiger partial charge < -0.3 is 10.0 Å². The fraction of sp³-hybridized carbons (Fsp3) is 0.600. The van der Waals surface area contributed by atoms with Crippen LogP contribution in [0.2, 0.25) is 0 Å². The summed E-state index contributed by atoms with van der Waals surface area (Å²) in [5.41, 5.74) is 2.28. The minimum Gasteiger partial charge on any atom is -0.389 e. The third kappa shape index (κ3) is 2.72. The van der Waals surface area contributed by atoms with E-state index in [0.717, 1.165) is 22.0 Å². The van der Waals surface area contributed by atoms with E-state index in [-0.39, 0.29) is 0 Å². The van der Waals surface area contributed by atoms with Crippen LogP contribution >= 0.6 is 15.9 Å². The highest BCUT2D eigenvalue weighted by atomic mass is 79.9. The Labute approximate surface area is 117 Å². The van der Waals surface area contributed by atoms with Crippen LogP contribution < -0.4 is 4.90 Å². The van der Waals surface area contributed by atoms with Crippen molar-refractivity contribution in [2.75, 3.05) is 11.4 Å². The van der Waals surface area contributed by atoms with E-state index < -0.39 is 6.10 Å². The highest BCUT2D eigenvalue weighted by molar-refractivity contribution is 9.10. The average Bonchev–Trinajstić information content (AvgIpc) is 3.19. The van der Waals surface area contributed by atoms with Gasteiger partial charge in [-0.15, -0.1) is 0 Å². The van der Waals surface area contributed by atoms with Crippen LogP contribution in [0.1, 0.15) is 44.3 Å². The first-order valence-electron chi connectivity index (χ1n) is 6.89. The van der Waals surface area contributed by atoms with Crippen LogP contribution in [0.3, 0.4) is 0 Å². The number of hydrogen-bond acceptors (Lipinski definition) is 2. The zero-order chi connectivity index (χ0) is 12.7. The van der Waals surface area contributed by atoms with Gasteiger partial charge in [0, 0.05) is 17.1 Å². The van der Waals surface area contributed by atoms with Gasteiger partial charge in [0.25, 0.3) is 0 Å². The molecular formula is C15H20BrNO. The fourth-order valence-electron chi connectivity index (χ4n) is 2.42. The Morgan fingerprint density at radius 3 is 2.56 bits per heavy atom. The zero-order valence-corrected chi connectivity index (χ0v) is 12.4. The Bertz CT molecular complexity index is 438. The van der Waals surface area contributed by atoms with E-state index in [1.165, 1.54) is 37.9 Å². The number of aliphatic hydroxyl groups is 1. The van der Waals surface area contributed by atoms with E-state index in [0.29, 0.717) is 0 Å². The lowest BCUT2D eigenvalue weighted by molar-refractivity contribution is 0.199. The number of hydrogen-bond donors (Lipinski definition) is 1. The summed E-state index contributed by atoms with van der Waals surface area (Å²) in [7, 11) is 0. The molecular weight excluding hydrogens is 290 g/mol. The van der Waals surface area contributed by atoms with Gasteiger partial charge in [-0.3, -0.25) is 0 Å². The molecule has 0 aromatic heterocycles. The standard InChI is InChI=1S/C15H20BrNO/c1-10(18)12-4-7-15(14(16)8-12)17(13-5-6-13)9-11-2-3-11/h4,7-8,10-11,13,18H,2-3,5-6,9H2,1H3/t10-/m1/s1. The van der Waals surface area contributed by atoms with Crippen molar-refractivity contribution < 1.29 is 5.11 Å². The molecule has 0 unspecified atom stereocenters. The number of rotatable bonds is 5. The molecule has 0 amide bonds. The highest BCUT2D eigenvalue weighted by Crippen LogP contribution is 2.40. The van der Waals surface area contributed by atoms with Gasteiger partial charge in [0.2, 0.25) is 0 Å². The molecule has 2 saturated carbocycles. The van der Waals surface area contributed by atoms with Crippen molar-refractivity contribution in [2.24, 2.45) is 5.92 Å². The fourth-order valence-corrected chi connectivity index (χ4v) is 3.05. The Hall–Kier alpha value is -0.540. The lowest BCUT2D eigenvalue weighted by Crippen LogP contribution is -2.28. The first kappa shape index (κ1) is 12.5. The Morgan fingerprint density at radius 1 is 1.33 bits per heavy atom. The molecule has 0 heterocycles. The van der Waals surface area contributed by atoms with E-state index in [4.69, 9.17) is 0 Å². The summed E-state index contributed by atoms with van der Waals surface area (Å²) in [6, 6.07) is 7.02. The molecule has 3 rings (SSSR count). The number of nitrogens with zero attached hydrogens (tertiary/aromatic N) is 1. The Balaban J connectivity index is 1.83. The molecule has 2 fully saturated rings. The van der Waals surface area contributed by atoms with Gasteiger partial charge in [0.15, 0.2) is 0 Å². The number of anilines is 1. The molecule has 1 atom stereocenters. The van der Waals surface area contributed by atoms with Crippen LogP contribution in [-0.2, 0) is 0 Å². The molecule has 0 saturated heterocycles. The Morgan fingerprint density at radius 2 is 2.06 bits per heavy atom. The minimum absolute atomic E-state index is 0.395. The van der Waals surface area contributed by atoms with Crippen LogP contribution in [0.15, 0.2) is 22.7 Å². The normalized spacial score (nSPS) is 20.8. The molecule has 0 bridgehead atoms. The predicted octanol–water partition coefficient (Wildman–Crippen LogP) is 3.88. The maximum Gasteiger partial charge on any atom is 0.0762 e. The molecule has 0 spiro atoms. The van der Waals surface area contributed by atoms with Crippen molar-refractivity contribution in [2.45, 2.75) is 44.8 Å². The minimum atomic E-state index is -0.395. The highest BCUT2D eigenvalue weighted by Gasteiger charge is 2.34. The van der Waals surface area contributed by atoms with E-state index in [1.807, 2.05) is 13.0 Å². The summed E-state index contributed by atoms with van der Waals surface area (Å²) in [5, 5.41) is 9.62. The quantitative estimate of drug-likeness (QED) is 0.892. The van der Waals surface area contributed by atoms with E-state index in [2.05, 4.69) is 33.0 Å². The smallest absolute Gasteiger partial charge is 0.0762 e. The lowest BCUT2D eigenvalue weighted by atomic mass is 10.1. The van der Waals surface area contributed by atoms with Gasteiger partial charge in [-0.05, 0) is 72.2 Å². The monoisotopic (exact) mass is 309 g/mol. The first-order valence-corrected chi connectivity index (χ1v) is 7.68. The summed E-state index contributed by atoms with van der Waals surface area (Å²) in [4.78, 5) is 2.56. The molecule has 2 nitrogen and oxygen atoms in total. The SMILES string of the molecule is C[C@@H](O)c1ccc(N(CC2CC2)C2CC2)c(Br)c1. The van der Waals surface area contributed by atoms with Crippen LogP contribution in [0.25, 0.3) is 0 Å². The van der Waals surface area contributed by atoms with Crippen molar-refractivity contribution in [3.63, 3.8) is 0 Å². The Kier molecular flexibility index (Phi) is 3.37.